The summed E-state index contributed by atoms with van der Waals surface area (Å²) >= 11 is 6.06. The van der Waals surface area contributed by atoms with E-state index in [1.165, 1.54) is 35.2 Å². The lowest BCUT2D eigenvalue weighted by Gasteiger charge is -2.37. The Balaban J connectivity index is 1.62. The van der Waals surface area contributed by atoms with Crippen molar-refractivity contribution in [3.05, 3.63) is 64.2 Å². The standard InChI is InChI=1S/C18H20ClN/c1-12-4-3-5-14(8-12)15-9-17(10-15)20-18-11-16(19)7-6-13(18)2/h3-8,11,15,17,20H,9-10H2,1-2H3. The molecule has 2 heteroatoms. The Morgan fingerprint density at radius 1 is 1.05 bits per heavy atom. The molecule has 0 spiro atoms. The Bertz CT molecular complexity index is 615. The smallest absolute Gasteiger partial charge is 0.0426 e. The third kappa shape index (κ3) is 2.83. The molecule has 1 nitrogen and oxygen atoms in total. The zero-order chi connectivity index (χ0) is 14.1. The predicted octanol–water partition coefficient (Wildman–Crippen LogP) is 5.31. The second-order valence-corrected chi connectivity index (χ2v) is 6.32. The molecule has 0 aliphatic heterocycles. The summed E-state index contributed by atoms with van der Waals surface area (Å²) < 4.78 is 0. The van der Waals surface area contributed by atoms with Crippen LogP contribution < -0.4 is 5.32 Å². The van der Waals surface area contributed by atoms with E-state index in [-0.39, 0.29) is 0 Å². The molecular formula is C18H20ClN. The van der Waals surface area contributed by atoms with Crippen LogP contribution in [0, 0.1) is 13.8 Å². The van der Waals surface area contributed by atoms with Crippen molar-refractivity contribution in [3.63, 3.8) is 0 Å². The molecule has 1 saturated carbocycles. The number of hydrogen-bond acceptors (Lipinski definition) is 1. The van der Waals surface area contributed by atoms with Crippen LogP contribution in [0.3, 0.4) is 0 Å². The van der Waals surface area contributed by atoms with Crippen LogP contribution in [0.5, 0.6) is 0 Å². The van der Waals surface area contributed by atoms with Gasteiger partial charge in [-0.05, 0) is 55.9 Å². The highest BCUT2D eigenvalue weighted by Crippen LogP contribution is 2.39. The highest BCUT2D eigenvalue weighted by atomic mass is 35.5. The maximum Gasteiger partial charge on any atom is 0.0426 e. The monoisotopic (exact) mass is 285 g/mol. The maximum absolute atomic E-state index is 6.06. The molecular weight excluding hydrogens is 266 g/mol. The van der Waals surface area contributed by atoms with Crippen molar-refractivity contribution in [3.8, 4) is 0 Å². The summed E-state index contributed by atoms with van der Waals surface area (Å²) in [7, 11) is 0. The molecule has 0 unspecified atom stereocenters. The number of benzene rings is 2. The van der Waals surface area contributed by atoms with Gasteiger partial charge in [0.15, 0.2) is 0 Å². The van der Waals surface area contributed by atoms with E-state index in [1.54, 1.807) is 0 Å². The Labute approximate surface area is 126 Å². The number of anilines is 1. The fraction of sp³-hybridized carbons (Fsp3) is 0.333. The second-order valence-electron chi connectivity index (χ2n) is 5.88. The highest BCUT2D eigenvalue weighted by Gasteiger charge is 2.30. The van der Waals surface area contributed by atoms with Crippen molar-refractivity contribution in [1.82, 2.24) is 0 Å². The Hall–Kier alpha value is -1.47. The van der Waals surface area contributed by atoms with E-state index >= 15 is 0 Å². The summed E-state index contributed by atoms with van der Waals surface area (Å²) in [6.07, 6.45) is 2.41. The fourth-order valence-corrected chi connectivity index (χ4v) is 3.07. The quantitative estimate of drug-likeness (QED) is 0.805. The SMILES string of the molecule is Cc1cccc(C2CC(Nc3cc(Cl)ccc3C)C2)c1. The van der Waals surface area contributed by atoms with Crippen LogP contribution in [-0.2, 0) is 0 Å². The molecule has 1 aliphatic carbocycles. The first-order valence-electron chi connectivity index (χ1n) is 7.21. The molecule has 1 fully saturated rings. The molecule has 104 valence electrons. The van der Waals surface area contributed by atoms with Crippen molar-refractivity contribution < 1.29 is 0 Å². The second kappa shape index (κ2) is 5.49. The third-order valence-corrected chi connectivity index (χ3v) is 4.45. The Kier molecular flexibility index (Phi) is 3.71. The zero-order valence-corrected chi connectivity index (χ0v) is 12.7. The summed E-state index contributed by atoms with van der Waals surface area (Å²) in [6.45, 7) is 4.28. The van der Waals surface area contributed by atoms with E-state index in [0.717, 1.165) is 5.02 Å². The molecule has 20 heavy (non-hydrogen) atoms. The van der Waals surface area contributed by atoms with Gasteiger partial charge in [-0.15, -0.1) is 0 Å². The van der Waals surface area contributed by atoms with E-state index in [2.05, 4.69) is 49.5 Å². The van der Waals surface area contributed by atoms with Crippen LogP contribution in [0.25, 0.3) is 0 Å². The van der Waals surface area contributed by atoms with Crippen LogP contribution in [-0.4, -0.2) is 6.04 Å². The van der Waals surface area contributed by atoms with Gasteiger partial charge in [0.25, 0.3) is 0 Å². The number of halogens is 1. The third-order valence-electron chi connectivity index (χ3n) is 4.21. The summed E-state index contributed by atoms with van der Waals surface area (Å²) in [5.74, 6) is 0.701. The van der Waals surface area contributed by atoms with Crippen LogP contribution in [0.2, 0.25) is 5.02 Å². The topological polar surface area (TPSA) is 12.0 Å². The summed E-state index contributed by atoms with van der Waals surface area (Å²) in [5, 5.41) is 4.42. The van der Waals surface area contributed by atoms with E-state index < -0.39 is 0 Å². The average Bonchev–Trinajstić information content (AvgIpc) is 2.37. The van der Waals surface area contributed by atoms with Crippen molar-refractivity contribution in [2.45, 2.75) is 38.6 Å². The van der Waals surface area contributed by atoms with Gasteiger partial charge in [-0.1, -0.05) is 47.5 Å². The molecule has 0 atom stereocenters. The molecule has 1 N–H and O–H groups in total. The van der Waals surface area contributed by atoms with Gasteiger partial charge in [0.05, 0.1) is 0 Å². The number of rotatable bonds is 3. The number of aryl methyl sites for hydroxylation is 2. The lowest BCUT2D eigenvalue weighted by atomic mass is 9.75. The van der Waals surface area contributed by atoms with E-state index in [9.17, 15) is 0 Å². The van der Waals surface area contributed by atoms with Crippen LogP contribution in [0.15, 0.2) is 42.5 Å². The minimum Gasteiger partial charge on any atom is -0.382 e. The van der Waals surface area contributed by atoms with Gasteiger partial charge in [-0.2, -0.15) is 0 Å². The molecule has 0 aromatic heterocycles. The molecule has 0 radical (unpaired) electrons. The molecule has 0 saturated heterocycles. The van der Waals surface area contributed by atoms with Crippen molar-refractivity contribution in [1.29, 1.82) is 0 Å². The summed E-state index contributed by atoms with van der Waals surface area (Å²) in [4.78, 5) is 0. The zero-order valence-electron chi connectivity index (χ0n) is 12.0. The molecule has 1 aliphatic rings. The molecule has 3 rings (SSSR count). The van der Waals surface area contributed by atoms with Gasteiger partial charge < -0.3 is 5.32 Å². The van der Waals surface area contributed by atoms with Crippen LogP contribution in [0.1, 0.15) is 35.4 Å². The van der Waals surface area contributed by atoms with Crippen molar-refractivity contribution >= 4 is 17.3 Å². The Morgan fingerprint density at radius 2 is 1.85 bits per heavy atom. The van der Waals surface area contributed by atoms with Gasteiger partial charge >= 0.3 is 0 Å². The van der Waals surface area contributed by atoms with Gasteiger partial charge in [-0.3, -0.25) is 0 Å². The van der Waals surface area contributed by atoms with Crippen LogP contribution >= 0.6 is 11.6 Å². The lowest BCUT2D eigenvalue weighted by molar-refractivity contribution is 0.374. The molecule has 0 amide bonds. The van der Waals surface area contributed by atoms with Gasteiger partial charge in [0.1, 0.15) is 0 Å². The van der Waals surface area contributed by atoms with Gasteiger partial charge in [-0.25, -0.2) is 0 Å². The first-order chi connectivity index (χ1) is 9.61. The van der Waals surface area contributed by atoms with E-state index in [1.807, 2.05) is 12.1 Å². The minimum absolute atomic E-state index is 0.567. The number of hydrogen-bond donors (Lipinski definition) is 1. The Morgan fingerprint density at radius 3 is 2.60 bits per heavy atom. The largest absolute Gasteiger partial charge is 0.382 e. The predicted molar refractivity (Wildman–Crippen MR) is 86.8 cm³/mol. The van der Waals surface area contributed by atoms with E-state index in [0.29, 0.717) is 12.0 Å². The average molecular weight is 286 g/mol. The molecule has 2 aromatic carbocycles. The number of nitrogens with one attached hydrogen (secondary N) is 1. The van der Waals surface area contributed by atoms with Gasteiger partial charge in [0, 0.05) is 16.8 Å². The van der Waals surface area contributed by atoms with E-state index in [4.69, 9.17) is 11.6 Å². The van der Waals surface area contributed by atoms with Crippen molar-refractivity contribution in [2.24, 2.45) is 0 Å². The normalized spacial score (nSPS) is 21.4. The fourth-order valence-electron chi connectivity index (χ4n) is 2.90. The first-order valence-corrected chi connectivity index (χ1v) is 7.59. The minimum atomic E-state index is 0.567. The molecule has 2 aromatic rings. The summed E-state index contributed by atoms with van der Waals surface area (Å²) in [5.41, 5.74) is 5.26. The first kappa shape index (κ1) is 13.5. The molecule has 0 bridgehead atoms. The van der Waals surface area contributed by atoms with Gasteiger partial charge in [0.2, 0.25) is 0 Å². The molecule has 0 heterocycles. The lowest BCUT2D eigenvalue weighted by Crippen LogP contribution is -2.34. The van der Waals surface area contributed by atoms with Crippen molar-refractivity contribution in [2.75, 3.05) is 5.32 Å². The highest BCUT2D eigenvalue weighted by molar-refractivity contribution is 6.30. The maximum atomic E-state index is 6.06. The van der Waals surface area contributed by atoms with Crippen LogP contribution in [0.4, 0.5) is 5.69 Å². The summed E-state index contributed by atoms with van der Waals surface area (Å²) in [6, 6.07) is 15.5.